The van der Waals surface area contributed by atoms with E-state index < -0.39 is 5.60 Å². The molecule has 1 aromatic rings. The summed E-state index contributed by atoms with van der Waals surface area (Å²) in [5.41, 5.74) is -0.285. The Balaban J connectivity index is 1.92. The van der Waals surface area contributed by atoms with Gasteiger partial charge in [-0.25, -0.2) is 4.99 Å². The lowest BCUT2D eigenvalue weighted by molar-refractivity contribution is -0.147. The second kappa shape index (κ2) is 9.33. The van der Waals surface area contributed by atoms with Gasteiger partial charge in [0.2, 0.25) is 11.8 Å². The fraction of sp³-hybridized carbons (Fsp3) is 0.526. The Kier molecular flexibility index (Phi) is 7.15. The number of nitrogens with one attached hydrogen (secondary N) is 2. The van der Waals surface area contributed by atoms with Crippen molar-refractivity contribution >= 4 is 17.8 Å². The van der Waals surface area contributed by atoms with E-state index in [0.717, 1.165) is 5.56 Å². The van der Waals surface area contributed by atoms with Crippen LogP contribution in [0.4, 0.5) is 0 Å². The maximum atomic E-state index is 11.8. The van der Waals surface area contributed by atoms with Crippen LogP contribution in [-0.2, 0) is 15.2 Å². The van der Waals surface area contributed by atoms with Gasteiger partial charge in [-0.15, -0.1) is 0 Å². The molecule has 0 radical (unpaired) electrons. The molecule has 1 atom stereocenters. The monoisotopic (exact) mass is 360 g/mol. The van der Waals surface area contributed by atoms with Crippen LogP contribution in [0.1, 0.15) is 38.7 Å². The van der Waals surface area contributed by atoms with E-state index in [1.165, 1.54) is 4.90 Å². The quantitative estimate of drug-likeness (QED) is 0.383. The lowest BCUT2D eigenvalue weighted by Gasteiger charge is -2.25. The van der Waals surface area contributed by atoms with Crippen molar-refractivity contribution in [3.8, 4) is 0 Å². The minimum atomic E-state index is -1.08. The van der Waals surface area contributed by atoms with E-state index in [4.69, 9.17) is 0 Å². The van der Waals surface area contributed by atoms with Gasteiger partial charge in [-0.3, -0.25) is 14.5 Å². The van der Waals surface area contributed by atoms with Crippen molar-refractivity contribution in [2.75, 3.05) is 26.2 Å². The summed E-state index contributed by atoms with van der Waals surface area (Å²) in [4.78, 5) is 29.4. The van der Waals surface area contributed by atoms with Gasteiger partial charge >= 0.3 is 0 Å². The zero-order valence-electron chi connectivity index (χ0n) is 15.5. The molecule has 1 aromatic carbocycles. The molecule has 1 aliphatic heterocycles. The summed E-state index contributed by atoms with van der Waals surface area (Å²) in [5.74, 6) is 0.314. The molecular formula is C19H28N4O3. The SMILES string of the molecule is CCNC(=NCC(C)(O)c1ccccc1)NCCN1C(=O)CCCC1=O. The average Bonchev–Trinajstić information content (AvgIpc) is 2.63. The van der Waals surface area contributed by atoms with Crippen molar-refractivity contribution in [1.82, 2.24) is 15.5 Å². The number of hydrogen-bond donors (Lipinski definition) is 3. The third-order valence-electron chi connectivity index (χ3n) is 4.30. The summed E-state index contributed by atoms with van der Waals surface area (Å²) in [6.45, 7) is 5.26. The van der Waals surface area contributed by atoms with Crippen LogP contribution in [0.25, 0.3) is 0 Å². The van der Waals surface area contributed by atoms with Crippen LogP contribution in [0.15, 0.2) is 35.3 Å². The topological polar surface area (TPSA) is 94.0 Å². The molecule has 1 heterocycles. The third kappa shape index (κ3) is 5.56. The van der Waals surface area contributed by atoms with Gasteiger partial charge in [0.25, 0.3) is 0 Å². The molecular weight excluding hydrogens is 332 g/mol. The highest BCUT2D eigenvalue weighted by Gasteiger charge is 2.25. The van der Waals surface area contributed by atoms with Gasteiger partial charge in [-0.1, -0.05) is 30.3 Å². The molecule has 0 spiro atoms. The smallest absolute Gasteiger partial charge is 0.229 e. The largest absolute Gasteiger partial charge is 0.384 e. The number of hydrogen-bond acceptors (Lipinski definition) is 4. The molecule has 26 heavy (non-hydrogen) atoms. The van der Waals surface area contributed by atoms with Gasteiger partial charge in [0.15, 0.2) is 5.96 Å². The van der Waals surface area contributed by atoms with Crippen molar-refractivity contribution < 1.29 is 14.7 Å². The molecule has 142 valence electrons. The van der Waals surface area contributed by atoms with Crippen molar-refractivity contribution in [1.29, 1.82) is 0 Å². The maximum absolute atomic E-state index is 11.8. The van der Waals surface area contributed by atoms with Crippen LogP contribution in [0, 0.1) is 0 Å². The summed E-state index contributed by atoms with van der Waals surface area (Å²) in [7, 11) is 0. The van der Waals surface area contributed by atoms with Gasteiger partial charge in [-0.05, 0) is 25.8 Å². The molecule has 1 unspecified atom stereocenters. The molecule has 0 aromatic heterocycles. The van der Waals surface area contributed by atoms with E-state index in [1.807, 2.05) is 37.3 Å². The van der Waals surface area contributed by atoms with E-state index in [2.05, 4.69) is 15.6 Å². The van der Waals surface area contributed by atoms with E-state index in [-0.39, 0.29) is 18.4 Å². The Labute approximate surface area is 154 Å². The number of carbonyl (C=O) groups excluding carboxylic acids is 2. The Morgan fingerprint density at radius 3 is 2.46 bits per heavy atom. The first-order chi connectivity index (χ1) is 12.4. The number of imide groups is 1. The van der Waals surface area contributed by atoms with Gasteiger partial charge in [0, 0.05) is 32.5 Å². The molecule has 1 saturated heterocycles. The number of carbonyl (C=O) groups is 2. The Morgan fingerprint density at radius 2 is 1.85 bits per heavy atom. The van der Waals surface area contributed by atoms with Crippen LogP contribution < -0.4 is 10.6 Å². The van der Waals surface area contributed by atoms with Crippen LogP contribution in [0.3, 0.4) is 0 Å². The number of benzene rings is 1. The first-order valence-electron chi connectivity index (χ1n) is 9.07. The van der Waals surface area contributed by atoms with Gasteiger partial charge in [0.05, 0.1) is 6.54 Å². The standard InChI is InChI=1S/C19H28N4O3/c1-3-20-18(21-12-13-23-16(24)10-7-11-17(23)25)22-14-19(2,26)15-8-5-4-6-9-15/h4-6,8-9,26H,3,7,10-14H2,1-2H3,(H2,20,21,22). The second-order valence-corrected chi connectivity index (χ2v) is 6.55. The maximum Gasteiger partial charge on any atom is 0.229 e. The zero-order valence-corrected chi connectivity index (χ0v) is 15.5. The molecule has 7 heteroatoms. The molecule has 3 N–H and O–H groups in total. The van der Waals surface area contributed by atoms with Crippen LogP contribution in [0.5, 0.6) is 0 Å². The van der Waals surface area contributed by atoms with Crippen molar-refractivity contribution in [3.05, 3.63) is 35.9 Å². The fourth-order valence-corrected chi connectivity index (χ4v) is 2.80. The zero-order chi connectivity index (χ0) is 19.0. The number of likely N-dealkylation sites (tertiary alicyclic amines) is 1. The van der Waals surface area contributed by atoms with Crippen LogP contribution in [0.2, 0.25) is 0 Å². The van der Waals surface area contributed by atoms with Crippen LogP contribution >= 0.6 is 0 Å². The minimum absolute atomic E-state index is 0.114. The van der Waals surface area contributed by atoms with Crippen molar-refractivity contribution in [2.24, 2.45) is 4.99 Å². The molecule has 0 bridgehead atoms. The normalized spacial score (nSPS) is 17.8. The molecule has 2 amide bonds. The lowest BCUT2D eigenvalue weighted by atomic mass is 9.96. The van der Waals surface area contributed by atoms with Gasteiger partial charge in [0.1, 0.15) is 5.60 Å². The van der Waals surface area contributed by atoms with E-state index in [1.54, 1.807) is 6.92 Å². The highest BCUT2D eigenvalue weighted by molar-refractivity contribution is 5.97. The number of aliphatic imine (C=N–C) groups is 1. The molecule has 1 aliphatic rings. The molecule has 0 aliphatic carbocycles. The van der Waals surface area contributed by atoms with Crippen molar-refractivity contribution in [2.45, 2.75) is 38.7 Å². The highest BCUT2D eigenvalue weighted by Crippen LogP contribution is 2.20. The summed E-state index contributed by atoms with van der Waals surface area (Å²) in [6.07, 6.45) is 1.50. The number of piperidine rings is 1. The Hall–Kier alpha value is -2.41. The summed E-state index contributed by atoms with van der Waals surface area (Å²) < 4.78 is 0. The summed E-state index contributed by atoms with van der Waals surface area (Å²) in [6, 6.07) is 9.39. The number of nitrogens with zero attached hydrogens (tertiary/aromatic N) is 2. The highest BCUT2D eigenvalue weighted by atomic mass is 16.3. The molecule has 2 rings (SSSR count). The number of amides is 2. The molecule has 7 nitrogen and oxygen atoms in total. The first kappa shape index (κ1) is 19.9. The Morgan fingerprint density at radius 1 is 1.19 bits per heavy atom. The number of aliphatic hydroxyl groups is 1. The average molecular weight is 360 g/mol. The molecule has 1 fully saturated rings. The number of guanidine groups is 1. The van der Waals surface area contributed by atoms with Crippen molar-refractivity contribution in [3.63, 3.8) is 0 Å². The molecule has 0 saturated carbocycles. The van der Waals surface area contributed by atoms with E-state index in [0.29, 0.717) is 44.9 Å². The second-order valence-electron chi connectivity index (χ2n) is 6.55. The van der Waals surface area contributed by atoms with E-state index in [9.17, 15) is 14.7 Å². The van der Waals surface area contributed by atoms with E-state index >= 15 is 0 Å². The number of rotatable bonds is 7. The Bertz CT molecular complexity index is 627. The minimum Gasteiger partial charge on any atom is -0.384 e. The van der Waals surface area contributed by atoms with Crippen LogP contribution in [-0.4, -0.2) is 54.0 Å². The predicted molar refractivity (Wildman–Crippen MR) is 101 cm³/mol. The van der Waals surface area contributed by atoms with Gasteiger partial charge in [-0.2, -0.15) is 0 Å². The summed E-state index contributed by atoms with van der Waals surface area (Å²) in [5, 5.41) is 16.9. The lowest BCUT2D eigenvalue weighted by Crippen LogP contribution is -2.46. The van der Waals surface area contributed by atoms with Gasteiger partial charge < -0.3 is 15.7 Å². The summed E-state index contributed by atoms with van der Waals surface area (Å²) >= 11 is 0. The first-order valence-corrected chi connectivity index (χ1v) is 9.07. The third-order valence-corrected chi connectivity index (χ3v) is 4.30. The predicted octanol–water partition coefficient (Wildman–Crippen LogP) is 0.988. The fourth-order valence-electron chi connectivity index (χ4n) is 2.80.